The number of benzene rings is 1. The number of pyridine rings is 2. The first-order valence-electron chi connectivity index (χ1n) is 11.8. The van der Waals surface area contributed by atoms with E-state index in [-0.39, 0.29) is 0 Å². The summed E-state index contributed by atoms with van der Waals surface area (Å²) in [5.41, 5.74) is 8.54. The van der Waals surface area contributed by atoms with Crippen LogP contribution in [0.2, 0.25) is 0 Å². The lowest BCUT2D eigenvalue weighted by molar-refractivity contribution is 0.331. The topological polar surface area (TPSA) is 99.5 Å². The molecule has 0 spiro atoms. The van der Waals surface area contributed by atoms with Crippen LogP contribution >= 0.6 is 0 Å². The highest BCUT2D eigenvalue weighted by Crippen LogP contribution is 2.32. The van der Waals surface area contributed by atoms with Gasteiger partial charge in [-0.3, -0.25) is 20.0 Å². The van der Waals surface area contributed by atoms with Crippen molar-refractivity contribution >= 4 is 21.9 Å². The molecule has 8 nitrogen and oxygen atoms in total. The molecule has 35 heavy (non-hydrogen) atoms. The number of hydrogen-bond acceptors (Lipinski definition) is 6. The number of aromatic amines is 2. The molecule has 0 unspecified atom stereocenters. The van der Waals surface area contributed by atoms with E-state index >= 15 is 0 Å². The lowest BCUT2D eigenvalue weighted by Crippen LogP contribution is -2.18. The van der Waals surface area contributed by atoms with Crippen molar-refractivity contribution in [3.8, 4) is 33.9 Å². The van der Waals surface area contributed by atoms with Crippen LogP contribution in [-0.2, 0) is 6.54 Å². The molecule has 172 valence electrons. The third kappa shape index (κ3) is 3.59. The molecule has 1 aromatic carbocycles. The Bertz CT molecular complexity index is 1640. The standard InChI is InChI=1S/C27H23N7O/c1-2-9-34(8-1)15-17-11-20(14-28-13-17)18-3-4-22-21(12-18)25(33-32-22)27-30-23-5-7-29-24(26(23)31-27)19-6-10-35-16-19/h3-7,10-14,16H,1-2,8-9,15H2,(H,30,31)(H,32,33). The van der Waals surface area contributed by atoms with Gasteiger partial charge in [0, 0.05) is 41.6 Å². The van der Waals surface area contributed by atoms with Gasteiger partial charge in [0.1, 0.15) is 16.9 Å². The van der Waals surface area contributed by atoms with E-state index in [9.17, 15) is 0 Å². The Hall–Kier alpha value is -4.30. The van der Waals surface area contributed by atoms with E-state index < -0.39 is 0 Å². The van der Waals surface area contributed by atoms with Crippen molar-refractivity contribution in [3.05, 3.63) is 73.1 Å². The quantitative estimate of drug-likeness (QED) is 0.356. The third-order valence-corrected chi connectivity index (χ3v) is 6.72. The predicted octanol–water partition coefficient (Wildman–Crippen LogP) is 5.42. The molecule has 0 aliphatic carbocycles. The van der Waals surface area contributed by atoms with Gasteiger partial charge in [-0.15, -0.1) is 0 Å². The van der Waals surface area contributed by atoms with Crippen molar-refractivity contribution in [1.82, 2.24) is 35.0 Å². The van der Waals surface area contributed by atoms with E-state index in [0.717, 1.165) is 56.6 Å². The predicted molar refractivity (Wildman–Crippen MR) is 134 cm³/mol. The molecule has 8 heteroatoms. The first kappa shape index (κ1) is 20.1. The van der Waals surface area contributed by atoms with Crippen LogP contribution in [0.4, 0.5) is 0 Å². The van der Waals surface area contributed by atoms with Crippen LogP contribution in [0.5, 0.6) is 0 Å². The number of nitrogens with one attached hydrogen (secondary N) is 2. The molecule has 7 rings (SSSR count). The maximum absolute atomic E-state index is 5.25. The molecular formula is C27H23N7O. The molecule has 1 aliphatic heterocycles. The molecule has 0 radical (unpaired) electrons. The molecule has 6 aromatic rings. The van der Waals surface area contributed by atoms with Gasteiger partial charge in [-0.1, -0.05) is 6.07 Å². The van der Waals surface area contributed by atoms with Crippen LogP contribution in [0.15, 0.2) is 71.9 Å². The molecule has 1 fully saturated rings. The maximum Gasteiger partial charge on any atom is 0.159 e. The minimum absolute atomic E-state index is 0.696. The summed E-state index contributed by atoms with van der Waals surface area (Å²) in [5, 5.41) is 8.75. The fraction of sp³-hybridized carbons (Fsp3) is 0.185. The zero-order valence-corrected chi connectivity index (χ0v) is 19.0. The van der Waals surface area contributed by atoms with Crippen molar-refractivity contribution in [2.75, 3.05) is 13.1 Å². The summed E-state index contributed by atoms with van der Waals surface area (Å²) in [4.78, 5) is 19.8. The lowest BCUT2D eigenvalue weighted by atomic mass is 10.0. The fourth-order valence-electron chi connectivity index (χ4n) is 4.96. The van der Waals surface area contributed by atoms with Gasteiger partial charge in [-0.2, -0.15) is 5.10 Å². The molecule has 6 heterocycles. The molecule has 0 bridgehead atoms. The van der Waals surface area contributed by atoms with Crippen LogP contribution in [0, 0.1) is 0 Å². The fourth-order valence-corrected chi connectivity index (χ4v) is 4.96. The van der Waals surface area contributed by atoms with Crippen LogP contribution in [-0.4, -0.2) is 48.1 Å². The van der Waals surface area contributed by atoms with E-state index in [1.54, 1.807) is 18.7 Å². The number of hydrogen-bond donors (Lipinski definition) is 2. The summed E-state index contributed by atoms with van der Waals surface area (Å²) >= 11 is 0. The van der Waals surface area contributed by atoms with Gasteiger partial charge in [-0.25, -0.2) is 4.98 Å². The van der Waals surface area contributed by atoms with Gasteiger partial charge in [0.2, 0.25) is 0 Å². The van der Waals surface area contributed by atoms with Crippen LogP contribution in [0.3, 0.4) is 0 Å². The van der Waals surface area contributed by atoms with E-state index in [4.69, 9.17) is 9.40 Å². The zero-order valence-electron chi connectivity index (χ0n) is 19.0. The van der Waals surface area contributed by atoms with Crippen molar-refractivity contribution in [1.29, 1.82) is 0 Å². The van der Waals surface area contributed by atoms with Gasteiger partial charge in [0.25, 0.3) is 0 Å². The van der Waals surface area contributed by atoms with Crippen molar-refractivity contribution in [2.24, 2.45) is 0 Å². The van der Waals surface area contributed by atoms with E-state index in [0.29, 0.717) is 5.82 Å². The average molecular weight is 462 g/mol. The largest absolute Gasteiger partial charge is 0.472 e. The number of likely N-dealkylation sites (tertiary alicyclic amines) is 1. The molecule has 0 amide bonds. The van der Waals surface area contributed by atoms with Crippen LogP contribution in [0.25, 0.3) is 55.8 Å². The molecule has 0 saturated carbocycles. The number of fused-ring (bicyclic) bond motifs is 2. The van der Waals surface area contributed by atoms with Gasteiger partial charge in [-0.05, 0) is 67.4 Å². The Morgan fingerprint density at radius 2 is 1.86 bits per heavy atom. The monoisotopic (exact) mass is 461 g/mol. The Morgan fingerprint density at radius 1 is 0.914 bits per heavy atom. The molecule has 1 saturated heterocycles. The number of H-pyrrole nitrogens is 2. The summed E-state index contributed by atoms with van der Waals surface area (Å²) in [6.45, 7) is 3.29. The summed E-state index contributed by atoms with van der Waals surface area (Å²) < 4.78 is 5.25. The maximum atomic E-state index is 5.25. The number of nitrogens with zero attached hydrogens (tertiary/aromatic N) is 5. The molecule has 0 atom stereocenters. The van der Waals surface area contributed by atoms with E-state index in [2.05, 4.69) is 54.3 Å². The molecular weight excluding hydrogens is 438 g/mol. The van der Waals surface area contributed by atoms with E-state index in [1.807, 2.05) is 24.5 Å². The minimum atomic E-state index is 0.696. The second-order valence-corrected chi connectivity index (χ2v) is 9.05. The normalized spacial score (nSPS) is 14.4. The number of furan rings is 1. The van der Waals surface area contributed by atoms with Gasteiger partial charge in [0.05, 0.1) is 23.6 Å². The highest BCUT2D eigenvalue weighted by atomic mass is 16.3. The first-order chi connectivity index (χ1) is 17.3. The molecule has 2 N–H and O–H groups in total. The summed E-state index contributed by atoms with van der Waals surface area (Å²) in [7, 11) is 0. The highest BCUT2D eigenvalue weighted by Gasteiger charge is 2.17. The van der Waals surface area contributed by atoms with Gasteiger partial charge in [0.15, 0.2) is 5.82 Å². The average Bonchev–Trinajstić information content (AvgIpc) is 3.70. The lowest BCUT2D eigenvalue weighted by Gasteiger charge is -2.14. The summed E-state index contributed by atoms with van der Waals surface area (Å²) in [6, 6.07) is 12.4. The van der Waals surface area contributed by atoms with Crippen LogP contribution in [0.1, 0.15) is 18.4 Å². The zero-order chi connectivity index (χ0) is 23.2. The number of rotatable bonds is 5. The Morgan fingerprint density at radius 3 is 2.74 bits per heavy atom. The van der Waals surface area contributed by atoms with Crippen molar-refractivity contribution < 1.29 is 4.42 Å². The smallest absolute Gasteiger partial charge is 0.159 e. The van der Waals surface area contributed by atoms with Crippen molar-refractivity contribution in [3.63, 3.8) is 0 Å². The third-order valence-electron chi connectivity index (χ3n) is 6.72. The summed E-state index contributed by atoms with van der Waals surface area (Å²) in [5.74, 6) is 0.696. The second kappa shape index (κ2) is 8.18. The van der Waals surface area contributed by atoms with Crippen LogP contribution < -0.4 is 0 Å². The Labute approximate surface area is 201 Å². The van der Waals surface area contributed by atoms with Crippen molar-refractivity contribution in [2.45, 2.75) is 19.4 Å². The second-order valence-electron chi connectivity index (χ2n) is 9.05. The SMILES string of the molecule is c1cc2[nH]c(-c3n[nH]c4ccc(-c5cncc(CN6CCCC6)c5)cc34)nc2c(-c2ccoc2)n1. The first-order valence-corrected chi connectivity index (χ1v) is 11.8. The van der Waals surface area contributed by atoms with Gasteiger partial charge < -0.3 is 9.40 Å². The number of aromatic nitrogens is 6. The van der Waals surface area contributed by atoms with Gasteiger partial charge >= 0.3 is 0 Å². The molecule has 1 aliphatic rings. The Balaban J connectivity index is 1.28. The summed E-state index contributed by atoms with van der Waals surface area (Å²) in [6.07, 6.45) is 11.6. The number of imidazole rings is 1. The molecule has 5 aromatic heterocycles. The van der Waals surface area contributed by atoms with E-state index in [1.165, 1.54) is 31.5 Å². The minimum Gasteiger partial charge on any atom is -0.472 e. The highest BCUT2D eigenvalue weighted by molar-refractivity contribution is 5.97. The Kier molecular flexibility index (Phi) is 4.70.